The van der Waals surface area contributed by atoms with Crippen molar-refractivity contribution in [1.82, 2.24) is 0 Å². The molecule has 0 aliphatic heterocycles. The molecule has 2 aliphatic rings. The van der Waals surface area contributed by atoms with E-state index in [1.165, 1.54) is 119 Å². The van der Waals surface area contributed by atoms with Gasteiger partial charge in [0.2, 0.25) is 0 Å². The summed E-state index contributed by atoms with van der Waals surface area (Å²) in [5, 5.41) is 13.3. The molecular weight excluding hydrogens is 693 g/mol. The second kappa shape index (κ2) is 11.9. The number of rotatable bonds is 3. The normalized spacial score (nSPS) is 14.2. The molecule has 0 N–H and O–H groups in total. The minimum Gasteiger partial charge on any atom is -0.135 e. The van der Waals surface area contributed by atoms with Crippen LogP contribution in [0.2, 0.25) is 0 Å². The van der Waals surface area contributed by atoms with Gasteiger partial charge in [0.1, 0.15) is 0 Å². The van der Waals surface area contributed by atoms with Gasteiger partial charge in [-0.2, -0.15) is 0 Å². The van der Waals surface area contributed by atoms with E-state index in [2.05, 4.69) is 184 Å². The van der Waals surface area contributed by atoms with Crippen LogP contribution in [-0.2, 0) is 5.41 Å². The third kappa shape index (κ3) is 4.53. The van der Waals surface area contributed by atoms with E-state index in [0.717, 1.165) is 12.8 Å². The maximum atomic E-state index is 2.57. The van der Waals surface area contributed by atoms with Crippen molar-refractivity contribution in [2.45, 2.75) is 32.1 Å². The van der Waals surface area contributed by atoms with Gasteiger partial charge < -0.3 is 0 Å². The summed E-state index contributed by atoms with van der Waals surface area (Å²) in [5.74, 6) is 0. The van der Waals surface area contributed by atoms with Crippen molar-refractivity contribution in [2.75, 3.05) is 0 Å². The molecule has 0 amide bonds. The first-order valence-electron chi connectivity index (χ1n) is 19.9. The number of fused-ring (bicyclic) bond motifs is 11. The van der Waals surface area contributed by atoms with Gasteiger partial charge >= 0.3 is 0 Å². The van der Waals surface area contributed by atoms with Crippen LogP contribution in [0.15, 0.2) is 158 Å². The lowest BCUT2D eigenvalue weighted by atomic mass is 9.78. The molecule has 12 rings (SSSR count). The number of hydrogen-bond donors (Lipinski definition) is 0. The summed E-state index contributed by atoms with van der Waals surface area (Å²) >= 11 is 1.92. The fourth-order valence-corrected chi connectivity index (χ4v) is 11.4. The Morgan fingerprint density at radius 1 is 0.411 bits per heavy atom. The molecular formula is C55H38S. The summed E-state index contributed by atoms with van der Waals surface area (Å²) in [5.41, 5.74) is 13.3. The van der Waals surface area contributed by atoms with Crippen molar-refractivity contribution >= 4 is 76.0 Å². The van der Waals surface area contributed by atoms with Crippen molar-refractivity contribution in [1.29, 1.82) is 0 Å². The zero-order chi connectivity index (χ0) is 37.1. The minimum absolute atomic E-state index is 0.115. The Bertz CT molecular complexity index is 3430. The summed E-state index contributed by atoms with van der Waals surface area (Å²) < 4.78 is 2.71. The molecule has 1 heterocycles. The number of thiophene rings is 1. The van der Waals surface area contributed by atoms with Gasteiger partial charge in [-0.15, -0.1) is 11.3 Å². The fraction of sp³-hybridized carbons (Fsp3) is 0.0909. The van der Waals surface area contributed by atoms with Gasteiger partial charge in [0.05, 0.1) is 0 Å². The Morgan fingerprint density at radius 3 is 1.86 bits per heavy atom. The van der Waals surface area contributed by atoms with E-state index < -0.39 is 0 Å². The van der Waals surface area contributed by atoms with Crippen LogP contribution in [0.25, 0.3) is 109 Å². The van der Waals surface area contributed by atoms with Crippen LogP contribution in [0, 0.1) is 0 Å². The predicted octanol–water partition coefficient (Wildman–Crippen LogP) is 14.2. The van der Waals surface area contributed by atoms with Crippen LogP contribution in [0.4, 0.5) is 0 Å². The molecule has 264 valence electrons. The molecule has 0 unspecified atom stereocenters. The average molecular weight is 731 g/mol. The molecule has 1 heteroatoms. The summed E-state index contributed by atoms with van der Waals surface area (Å²) in [6.07, 6.45) is 7.13. The van der Waals surface area contributed by atoms with Gasteiger partial charge in [0.15, 0.2) is 0 Å². The van der Waals surface area contributed by atoms with Crippen LogP contribution in [0.1, 0.15) is 37.8 Å². The molecule has 0 radical (unpaired) electrons. The second-order valence-corrected chi connectivity index (χ2v) is 17.3. The minimum atomic E-state index is -0.115. The van der Waals surface area contributed by atoms with E-state index in [-0.39, 0.29) is 5.41 Å². The van der Waals surface area contributed by atoms with Crippen molar-refractivity contribution in [3.8, 4) is 44.5 Å². The Kier molecular flexibility index (Phi) is 6.78. The molecule has 9 aromatic carbocycles. The molecule has 56 heavy (non-hydrogen) atoms. The number of hydrogen-bond acceptors (Lipinski definition) is 1. The molecule has 0 atom stereocenters. The number of benzene rings is 9. The van der Waals surface area contributed by atoms with Gasteiger partial charge in [-0.3, -0.25) is 0 Å². The molecule has 10 aromatic rings. The first kappa shape index (κ1) is 32.0. The van der Waals surface area contributed by atoms with E-state index in [1.54, 1.807) is 0 Å². The molecule has 0 bridgehead atoms. The molecule has 0 nitrogen and oxygen atoms in total. The summed E-state index contributed by atoms with van der Waals surface area (Å²) in [6, 6.07) is 59.5. The van der Waals surface area contributed by atoms with Crippen LogP contribution < -0.4 is 10.4 Å². The van der Waals surface area contributed by atoms with Crippen molar-refractivity contribution in [3.63, 3.8) is 0 Å². The van der Waals surface area contributed by atoms with Crippen molar-refractivity contribution in [3.05, 3.63) is 179 Å². The van der Waals surface area contributed by atoms with Crippen LogP contribution in [0.5, 0.6) is 0 Å². The molecule has 0 saturated carbocycles. The lowest BCUT2D eigenvalue weighted by molar-refractivity contribution is 0.666. The molecule has 1 aromatic heterocycles. The highest BCUT2D eigenvalue weighted by atomic mass is 32.1. The monoisotopic (exact) mass is 730 g/mol. The van der Waals surface area contributed by atoms with E-state index in [0.29, 0.717) is 0 Å². The molecule has 0 fully saturated rings. The van der Waals surface area contributed by atoms with Gasteiger partial charge in [-0.1, -0.05) is 147 Å². The van der Waals surface area contributed by atoms with Crippen molar-refractivity contribution < 1.29 is 0 Å². The highest BCUT2D eigenvalue weighted by Gasteiger charge is 2.38. The average Bonchev–Trinajstić information content (AvgIpc) is 3.72. The third-order valence-electron chi connectivity index (χ3n) is 12.8. The standard InChI is InChI=1S/C55H38S/c1-55(2)49-22-12-10-16-38(49)47-31-46(44-30-45-39-17-11-13-23-50(39)56-51(45)32-48(44)54(47)55)53-42-20-8-6-18-40(42)52(41-19-7-9-21-43(41)53)37-27-26-35-28-34(24-25-36(35)29-37)33-14-4-3-5-15-33/h3-6,8,10-32H,7,9H2,1-2H3. The SMILES string of the molecule is CC1(C)c2ccccc2-c2cc(-c3c4c(c(-c5ccc6cc(-c7ccccc7)ccc6c5)c5ccccc35)=CCCC=4)c3cc4c(cc3c21)sc1ccccc14. The summed E-state index contributed by atoms with van der Waals surface area (Å²) in [6.45, 7) is 4.85. The quantitative estimate of drug-likeness (QED) is 0.170. The zero-order valence-electron chi connectivity index (χ0n) is 31.5. The van der Waals surface area contributed by atoms with Crippen LogP contribution in [-0.4, -0.2) is 0 Å². The van der Waals surface area contributed by atoms with E-state index in [1.807, 2.05) is 11.3 Å². The van der Waals surface area contributed by atoms with Gasteiger partial charge in [-0.05, 0) is 148 Å². The third-order valence-corrected chi connectivity index (χ3v) is 13.9. The van der Waals surface area contributed by atoms with Gasteiger partial charge in [0, 0.05) is 25.6 Å². The highest BCUT2D eigenvalue weighted by molar-refractivity contribution is 7.25. The van der Waals surface area contributed by atoms with Gasteiger partial charge in [0.25, 0.3) is 0 Å². The first-order valence-corrected chi connectivity index (χ1v) is 20.7. The largest absolute Gasteiger partial charge is 0.135 e. The Hall–Kier alpha value is -6.28. The maximum absolute atomic E-state index is 2.57. The second-order valence-electron chi connectivity index (χ2n) is 16.3. The van der Waals surface area contributed by atoms with E-state index in [4.69, 9.17) is 0 Å². The topological polar surface area (TPSA) is 0 Å². The summed E-state index contributed by atoms with van der Waals surface area (Å²) in [7, 11) is 0. The Labute approximate surface area is 330 Å². The van der Waals surface area contributed by atoms with Crippen LogP contribution >= 0.6 is 11.3 Å². The van der Waals surface area contributed by atoms with Crippen molar-refractivity contribution in [2.24, 2.45) is 0 Å². The maximum Gasteiger partial charge on any atom is 0.0361 e. The summed E-state index contributed by atoms with van der Waals surface area (Å²) in [4.78, 5) is 0. The van der Waals surface area contributed by atoms with E-state index in [9.17, 15) is 0 Å². The molecule has 0 spiro atoms. The van der Waals surface area contributed by atoms with Gasteiger partial charge in [-0.25, -0.2) is 0 Å². The lowest BCUT2D eigenvalue weighted by Crippen LogP contribution is -2.31. The predicted molar refractivity (Wildman–Crippen MR) is 243 cm³/mol. The fourth-order valence-electron chi connectivity index (χ4n) is 10.3. The zero-order valence-corrected chi connectivity index (χ0v) is 32.3. The Morgan fingerprint density at radius 2 is 1.05 bits per heavy atom. The lowest BCUT2D eigenvalue weighted by Gasteiger charge is -2.25. The molecule has 0 saturated heterocycles. The Balaban J connectivity index is 1.18. The molecule has 2 aliphatic carbocycles. The smallest absolute Gasteiger partial charge is 0.0361 e. The highest BCUT2D eigenvalue weighted by Crippen LogP contribution is 2.54. The first-order chi connectivity index (χ1) is 27.5. The van der Waals surface area contributed by atoms with E-state index >= 15 is 0 Å². The van der Waals surface area contributed by atoms with Crippen LogP contribution in [0.3, 0.4) is 0 Å².